The molecule has 5 heteroatoms. The van der Waals surface area contributed by atoms with Crippen molar-refractivity contribution in [2.45, 2.75) is 59.5 Å². The second-order valence-corrected chi connectivity index (χ2v) is 7.41. The first-order valence-corrected chi connectivity index (χ1v) is 9.77. The van der Waals surface area contributed by atoms with Crippen molar-refractivity contribution < 1.29 is 22.6 Å². The number of hydrogen-bond acceptors (Lipinski definition) is 2. The molecule has 0 aromatic heterocycles. The lowest BCUT2D eigenvalue weighted by atomic mass is 9.94. The van der Waals surface area contributed by atoms with Crippen molar-refractivity contribution in [1.29, 1.82) is 0 Å². The van der Waals surface area contributed by atoms with Crippen molar-refractivity contribution in [3.8, 4) is 5.75 Å². The molecule has 0 N–H and O–H groups in total. The third-order valence-electron chi connectivity index (χ3n) is 5.04. The highest BCUT2D eigenvalue weighted by atomic mass is 19.2. The Morgan fingerprint density at radius 1 is 1.25 bits per heavy atom. The molecule has 154 valence electrons. The van der Waals surface area contributed by atoms with Gasteiger partial charge in [-0.3, -0.25) is 0 Å². The third-order valence-corrected chi connectivity index (χ3v) is 5.04. The molecule has 28 heavy (non-hydrogen) atoms. The molecule has 1 aliphatic rings. The Kier molecular flexibility index (Phi) is 7.53. The summed E-state index contributed by atoms with van der Waals surface area (Å²) >= 11 is 0. The lowest BCUT2D eigenvalue weighted by molar-refractivity contribution is 0.0485. The average molecular weight is 394 g/mol. The summed E-state index contributed by atoms with van der Waals surface area (Å²) in [6, 6.07) is 1.58. The van der Waals surface area contributed by atoms with Gasteiger partial charge in [0.25, 0.3) is 0 Å². The van der Waals surface area contributed by atoms with E-state index in [1.54, 1.807) is 13.0 Å². The molecule has 1 heterocycles. The van der Waals surface area contributed by atoms with E-state index >= 15 is 4.39 Å². The van der Waals surface area contributed by atoms with Gasteiger partial charge in [-0.1, -0.05) is 40.3 Å². The highest BCUT2D eigenvalue weighted by Crippen LogP contribution is 2.39. The molecule has 1 aromatic rings. The van der Waals surface area contributed by atoms with Crippen LogP contribution in [0.25, 0.3) is 0 Å². The number of hydrogen-bond donors (Lipinski definition) is 0. The third kappa shape index (κ3) is 4.69. The quantitative estimate of drug-likeness (QED) is 0.495. The van der Waals surface area contributed by atoms with Gasteiger partial charge < -0.3 is 9.47 Å². The minimum atomic E-state index is -1.09. The largest absolute Gasteiger partial charge is 0.450 e. The van der Waals surface area contributed by atoms with Crippen LogP contribution in [0.3, 0.4) is 0 Å². The van der Waals surface area contributed by atoms with Gasteiger partial charge in [0.1, 0.15) is 0 Å². The van der Waals surface area contributed by atoms with Gasteiger partial charge in [0.05, 0.1) is 12.7 Å². The topological polar surface area (TPSA) is 18.5 Å². The van der Waals surface area contributed by atoms with Crippen molar-refractivity contribution in [2.24, 2.45) is 5.92 Å². The van der Waals surface area contributed by atoms with Gasteiger partial charge in [0, 0.05) is 17.9 Å². The Balaban J connectivity index is 2.30. The molecular formula is C23H29F3O2. The summed E-state index contributed by atoms with van der Waals surface area (Å²) in [6.45, 7) is 15.6. The van der Waals surface area contributed by atoms with Gasteiger partial charge in [-0.15, -0.1) is 0 Å². The van der Waals surface area contributed by atoms with Gasteiger partial charge >= 0.3 is 0 Å². The predicted molar refractivity (Wildman–Crippen MR) is 106 cm³/mol. The number of halogens is 3. The number of rotatable bonds is 8. The van der Waals surface area contributed by atoms with Crippen LogP contribution in [0, 0.1) is 17.6 Å². The van der Waals surface area contributed by atoms with Crippen molar-refractivity contribution >= 4 is 0 Å². The zero-order valence-corrected chi connectivity index (χ0v) is 17.1. The summed E-state index contributed by atoms with van der Waals surface area (Å²) in [4.78, 5) is 0. The Bertz CT molecular complexity index is 796. The minimum absolute atomic E-state index is 0.0631. The van der Waals surface area contributed by atoms with Gasteiger partial charge in [-0.25, -0.2) is 8.78 Å². The summed E-state index contributed by atoms with van der Waals surface area (Å²) in [7, 11) is 0. The van der Waals surface area contributed by atoms with Crippen LogP contribution in [0.15, 0.2) is 42.0 Å². The van der Waals surface area contributed by atoms with Crippen LogP contribution >= 0.6 is 0 Å². The Morgan fingerprint density at radius 2 is 1.93 bits per heavy atom. The molecule has 2 unspecified atom stereocenters. The Labute approximate surface area is 165 Å². The van der Waals surface area contributed by atoms with E-state index in [0.29, 0.717) is 36.1 Å². The summed E-state index contributed by atoms with van der Waals surface area (Å²) in [6.07, 6.45) is 2.21. The SMILES string of the molecule is C=C1Cc2cc(CCC)c(F)c(F)c2O/C1=C(\F)C(=C)C(C)COC(C)CC. The molecule has 0 radical (unpaired) electrons. The molecular weight excluding hydrogens is 365 g/mol. The lowest BCUT2D eigenvalue weighted by Gasteiger charge is -2.25. The van der Waals surface area contributed by atoms with Crippen molar-refractivity contribution in [3.63, 3.8) is 0 Å². The number of allylic oxidation sites excluding steroid dienone is 2. The summed E-state index contributed by atoms with van der Waals surface area (Å²) in [5.74, 6) is -3.48. The molecule has 1 aromatic carbocycles. The molecule has 0 bridgehead atoms. The number of aryl methyl sites for hydroxylation is 1. The molecule has 2 atom stereocenters. The molecule has 0 saturated heterocycles. The maximum absolute atomic E-state index is 15.0. The molecule has 0 saturated carbocycles. The molecule has 2 rings (SSSR count). The second-order valence-electron chi connectivity index (χ2n) is 7.41. The fraction of sp³-hybridized carbons (Fsp3) is 0.478. The smallest absolute Gasteiger partial charge is 0.201 e. The van der Waals surface area contributed by atoms with Crippen molar-refractivity contribution in [1.82, 2.24) is 0 Å². The first-order chi connectivity index (χ1) is 13.2. The fourth-order valence-electron chi connectivity index (χ4n) is 2.99. The van der Waals surface area contributed by atoms with Crippen LogP contribution in [0.1, 0.15) is 51.7 Å². The molecule has 0 spiro atoms. The summed E-state index contributed by atoms with van der Waals surface area (Å²) < 4.78 is 54.9. The van der Waals surface area contributed by atoms with Crippen LogP contribution in [-0.2, 0) is 17.6 Å². The standard InChI is InChI=1S/C23H29F3O2/c1-7-9-17-11-18-10-13(3)22(28-23(18)21(26)20(17)25)19(24)16(6)14(4)12-27-15(5)8-2/h11,14-15H,3,6-10,12H2,1-2,4-5H3/b22-19-. The molecule has 1 aliphatic heterocycles. The Morgan fingerprint density at radius 3 is 2.54 bits per heavy atom. The zero-order valence-electron chi connectivity index (χ0n) is 17.1. The lowest BCUT2D eigenvalue weighted by Crippen LogP contribution is -2.18. The van der Waals surface area contributed by atoms with Crippen molar-refractivity contribution in [2.75, 3.05) is 6.61 Å². The fourth-order valence-corrected chi connectivity index (χ4v) is 2.99. The number of fused-ring (bicyclic) bond motifs is 1. The molecule has 0 aliphatic carbocycles. The van der Waals surface area contributed by atoms with E-state index in [1.807, 2.05) is 20.8 Å². The van der Waals surface area contributed by atoms with Crippen LogP contribution < -0.4 is 4.74 Å². The van der Waals surface area contributed by atoms with E-state index in [0.717, 1.165) is 6.42 Å². The minimum Gasteiger partial charge on any atom is -0.450 e. The highest BCUT2D eigenvalue weighted by Gasteiger charge is 2.29. The Hall–Kier alpha value is -2.01. The van der Waals surface area contributed by atoms with Crippen LogP contribution in [0.5, 0.6) is 5.75 Å². The molecule has 0 amide bonds. The zero-order chi connectivity index (χ0) is 21.0. The van der Waals surface area contributed by atoms with Crippen LogP contribution in [-0.4, -0.2) is 12.7 Å². The van der Waals surface area contributed by atoms with E-state index < -0.39 is 17.5 Å². The first-order valence-electron chi connectivity index (χ1n) is 9.77. The van der Waals surface area contributed by atoms with Gasteiger partial charge in [0.2, 0.25) is 5.82 Å². The van der Waals surface area contributed by atoms with Crippen molar-refractivity contribution in [3.05, 3.63) is 64.7 Å². The average Bonchev–Trinajstić information content (AvgIpc) is 2.68. The molecule has 0 fully saturated rings. The van der Waals surface area contributed by atoms with E-state index in [-0.39, 0.29) is 35.5 Å². The van der Waals surface area contributed by atoms with Crippen LogP contribution in [0.2, 0.25) is 0 Å². The highest BCUT2D eigenvalue weighted by molar-refractivity contribution is 5.51. The van der Waals surface area contributed by atoms with E-state index in [4.69, 9.17) is 9.47 Å². The van der Waals surface area contributed by atoms with E-state index in [2.05, 4.69) is 13.2 Å². The first kappa shape index (κ1) is 22.3. The monoisotopic (exact) mass is 394 g/mol. The van der Waals surface area contributed by atoms with Gasteiger partial charge in [-0.2, -0.15) is 4.39 Å². The van der Waals surface area contributed by atoms with E-state index in [1.165, 1.54) is 0 Å². The van der Waals surface area contributed by atoms with Gasteiger partial charge in [0.15, 0.2) is 23.2 Å². The summed E-state index contributed by atoms with van der Waals surface area (Å²) in [5, 5.41) is 0. The maximum Gasteiger partial charge on any atom is 0.201 e. The van der Waals surface area contributed by atoms with Gasteiger partial charge in [-0.05, 0) is 42.5 Å². The second kappa shape index (κ2) is 9.46. The predicted octanol–water partition coefficient (Wildman–Crippen LogP) is 6.60. The number of ether oxygens (including phenoxy) is 2. The van der Waals surface area contributed by atoms with E-state index in [9.17, 15) is 8.78 Å². The summed E-state index contributed by atoms with van der Waals surface area (Å²) in [5.41, 5.74) is 1.33. The van der Waals surface area contributed by atoms with Crippen LogP contribution in [0.4, 0.5) is 13.2 Å². The normalized spacial score (nSPS) is 17.6. The number of benzene rings is 1. The molecule has 2 nitrogen and oxygen atoms in total. The maximum atomic E-state index is 15.0.